The average Bonchev–Trinajstić information content (AvgIpc) is 3.02. The summed E-state index contributed by atoms with van der Waals surface area (Å²) in [4.78, 5) is 19.2. The predicted octanol–water partition coefficient (Wildman–Crippen LogP) is 5.59. The van der Waals surface area contributed by atoms with Gasteiger partial charge in [-0.1, -0.05) is 19.8 Å². The molecule has 1 saturated heterocycles. The van der Waals surface area contributed by atoms with Crippen LogP contribution in [-0.4, -0.2) is 25.2 Å². The molecule has 1 atom stereocenters. The molecule has 4 rings (SSSR count). The monoisotopic (exact) mass is 393 g/mol. The highest BCUT2D eigenvalue weighted by molar-refractivity contribution is 6.12. The fourth-order valence-electron chi connectivity index (χ4n) is 4.51. The van der Waals surface area contributed by atoms with Crippen molar-refractivity contribution in [2.24, 2.45) is 10.9 Å². The smallest absolute Gasteiger partial charge is 0.237 e. The number of piperidine rings is 1. The predicted molar refractivity (Wildman–Crippen MR) is 117 cm³/mol. The first-order chi connectivity index (χ1) is 14.0. The summed E-state index contributed by atoms with van der Waals surface area (Å²) in [6, 6.07) is 10.5. The fourth-order valence-corrected chi connectivity index (χ4v) is 4.51. The van der Waals surface area contributed by atoms with E-state index in [9.17, 15) is 9.18 Å². The lowest BCUT2D eigenvalue weighted by molar-refractivity contribution is -0.115. The number of carbonyl (C=O) groups excluding carboxylic acids is 1. The molecule has 0 radical (unpaired) electrons. The zero-order valence-electron chi connectivity index (χ0n) is 17.1. The zero-order chi connectivity index (χ0) is 20.4. The molecule has 0 bridgehead atoms. The summed E-state index contributed by atoms with van der Waals surface area (Å²) in [7, 11) is 0. The lowest BCUT2D eigenvalue weighted by atomic mass is 9.92. The zero-order valence-corrected chi connectivity index (χ0v) is 17.1. The molecule has 1 fully saturated rings. The molecule has 4 nitrogen and oxygen atoms in total. The first-order valence-electron chi connectivity index (χ1n) is 10.5. The van der Waals surface area contributed by atoms with Gasteiger partial charge in [0, 0.05) is 30.7 Å². The van der Waals surface area contributed by atoms with Crippen molar-refractivity contribution in [3.8, 4) is 0 Å². The summed E-state index contributed by atoms with van der Waals surface area (Å²) >= 11 is 0. The van der Waals surface area contributed by atoms with Gasteiger partial charge in [0.2, 0.25) is 5.91 Å². The molecular weight excluding hydrogens is 365 g/mol. The number of amides is 1. The van der Waals surface area contributed by atoms with E-state index in [1.165, 1.54) is 49.1 Å². The Morgan fingerprint density at radius 2 is 2.00 bits per heavy atom. The van der Waals surface area contributed by atoms with Crippen LogP contribution in [0, 0.1) is 18.7 Å². The van der Waals surface area contributed by atoms with Crippen molar-refractivity contribution in [3.05, 3.63) is 53.3 Å². The van der Waals surface area contributed by atoms with E-state index in [1.807, 2.05) is 6.07 Å². The van der Waals surface area contributed by atoms with Gasteiger partial charge in [-0.05, 0) is 73.2 Å². The SMILES string of the molecule is CCCC1CCN(c2ccc(N=CC3C(=O)Nc4ccc(F)cc43)cc2C)CC1. The lowest BCUT2D eigenvalue weighted by Gasteiger charge is -2.34. The third-order valence-electron chi connectivity index (χ3n) is 6.09. The van der Waals surface area contributed by atoms with Gasteiger partial charge >= 0.3 is 0 Å². The lowest BCUT2D eigenvalue weighted by Crippen LogP contribution is -2.34. The fraction of sp³-hybridized carbons (Fsp3) is 0.417. The van der Waals surface area contributed by atoms with Crippen LogP contribution in [0.3, 0.4) is 0 Å². The number of fused-ring (bicyclic) bond motifs is 1. The van der Waals surface area contributed by atoms with Crippen molar-refractivity contribution in [2.45, 2.75) is 45.4 Å². The van der Waals surface area contributed by atoms with Crippen molar-refractivity contribution >= 4 is 29.2 Å². The van der Waals surface area contributed by atoms with Crippen molar-refractivity contribution in [3.63, 3.8) is 0 Å². The summed E-state index contributed by atoms with van der Waals surface area (Å²) < 4.78 is 13.6. The number of carbonyl (C=O) groups is 1. The number of hydrogen-bond donors (Lipinski definition) is 1. The molecule has 0 aromatic heterocycles. The Morgan fingerprint density at radius 1 is 1.21 bits per heavy atom. The molecule has 0 spiro atoms. The van der Waals surface area contributed by atoms with Gasteiger partial charge in [0.1, 0.15) is 11.7 Å². The third kappa shape index (κ3) is 4.19. The maximum Gasteiger partial charge on any atom is 0.237 e. The van der Waals surface area contributed by atoms with Gasteiger partial charge in [-0.15, -0.1) is 0 Å². The molecule has 2 aliphatic heterocycles. The number of nitrogens with one attached hydrogen (secondary N) is 1. The van der Waals surface area contributed by atoms with Crippen LogP contribution in [0.2, 0.25) is 0 Å². The Bertz CT molecular complexity index is 932. The van der Waals surface area contributed by atoms with Crippen molar-refractivity contribution < 1.29 is 9.18 Å². The van der Waals surface area contributed by atoms with Crippen LogP contribution in [0.4, 0.5) is 21.5 Å². The topological polar surface area (TPSA) is 44.7 Å². The second-order valence-electron chi connectivity index (χ2n) is 8.17. The maximum atomic E-state index is 13.6. The molecule has 5 heteroatoms. The standard InChI is InChI=1S/C24H28FN3O/c1-3-4-17-9-11-28(12-10-17)23-8-6-19(13-16(23)2)26-15-21-20-14-18(25)5-7-22(20)27-24(21)29/h5-8,13-15,17,21H,3-4,9-12H2,1-2H3,(H,27,29). The highest BCUT2D eigenvalue weighted by atomic mass is 19.1. The highest BCUT2D eigenvalue weighted by Gasteiger charge is 2.29. The van der Waals surface area contributed by atoms with E-state index in [0.29, 0.717) is 11.3 Å². The van der Waals surface area contributed by atoms with Gasteiger partial charge in [-0.25, -0.2) is 4.39 Å². The molecule has 152 valence electrons. The summed E-state index contributed by atoms with van der Waals surface area (Å²) in [6.07, 6.45) is 6.75. The Hall–Kier alpha value is -2.69. The molecule has 0 aliphatic carbocycles. The van der Waals surface area contributed by atoms with E-state index in [4.69, 9.17) is 0 Å². The van der Waals surface area contributed by atoms with E-state index in [0.717, 1.165) is 24.7 Å². The number of anilines is 2. The van der Waals surface area contributed by atoms with E-state index >= 15 is 0 Å². The summed E-state index contributed by atoms with van der Waals surface area (Å²) in [5.74, 6) is -0.205. The normalized spacial score (nSPS) is 19.6. The maximum absolute atomic E-state index is 13.6. The Labute approximate surface area is 171 Å². The number of benzene rings is 2. The van der Waals surface area contributed by atoms with Gasteiger partial charge in [0.05, 0.1) is 5.69 Å². The second kappa shape index (κ2) is 8.36. The average molecular weight is 394 g/mol. The molecule has 1 amide bonds. The number of rotatable bonds is 5. The molecule has 29 heavy (non-hydrogen) atoms. The van der Waals surface area contributed by atoms with Crippen LogP contribution in [0.15, 0.2) is 41.4 Å². The molecule has 0 saturated carbocycles. The molecule has 1 N–H and O–H groups in total. The van der Waals surface area contributed by atoms with Crippen LogP contribution in [0.1, 0.15) is 49.7 Å². The number of aryl methyl sites for hydroxylation is 1. The van der Waals surface area contributed by atoms with Gasteiger partial charge in [0.15, 0.2) is 0 Å². The van der Waals surface area contributed by atoms with Gasteiger partial charge < -0.3 is 10.2 Å². The Morgan fingerprint density at radius 3 is 2.72 bits per heavy atom. The highest BCUT2D eigenvalue weighted by Crippen LogP contribution is 2.33. The second-order valence-corrected chi connectivity index (χ2v) is 8.17. The van der Waals surface area contributed by atoms with Crippen molar-refractivity contribution in [2.75, 3.05) is 23.3 Å². The van der Waals surface area contributed by atoms with Gasteiger partial charge in [-0.2, -0.15) is 0 Å². The van der Waals surface area contributed by atoms with E-state index in [-0.39, 0.29) is 11.7 Å². The third-order valence-corrected chi connectivity index (χ3v) is 6.09. The van der Waals surface area contributed by atoms with Crippen LogP contribution in [0.5, 0.6) is 0 Å². The van der Waals surface area contributed by atoms with Crippen molar-refractivity contribution in [1.82, 2.24) is 0 Å². The molecule has 2 heterocycles. The molecule has 2 aliphatic rings. The first kappa shape index (κ1) is 19.6. The summed E-state index contributed by atoms with van der Waals surface area (Å²) in [6.45, 7) is 6.59. The van der Waals surface area contributed by atoms with Crippen LogP contribution in [0.25, 0.3) is 0 Å². The minimum Gasteiger partial charge on any atom is -0.371 e. The van der Waals surface area contributed by atoms with Crippen LogP contribution in [-0.2, 0) is 4.79 Å². The van der Waals surface area contributed by atoms with E-state index in [1.54, 1.807) is 12.3 Å². The largest absolute Gasteiger partial charge is 0.371 e. The summed E-state index contributed by atoms with van der Waals surface area (Å²) in [5.41, 5.74) is 4.57. The van der Waals surface area contributed by atoms with Crippen molar-refractivity contribution in [1.29, 1.82) is 0 Å². The Balaban J connectivity index is 1.47. The van der Waals surface area contributed by atoms with E-state index in [2.05, 4.69) is 41.2 Å². The first-order valence-corrected chi connectivity index (χ1v) is 10.5. The summed E-state index contributed by atoms with van der Waals surface area (Å²) in [5, 5.41) is 2.78. The molecule has 2 aromatic rings. The molecular formula is C24H28FN3O. The minimum absolute atomic E-state index is 0.169. The quantitative estimate of drug-likeness (QED) is 0.673. The number of aliphatic imine (C=N–C) groups is 1. The van der Waals surface area contributed by atoms with Crippen LogP contribution < -0.4 is 10.2 Å². The van der Waals surface area contributed by atoms with E-state index < -0.39 is 5.92 Å². The number of halogens is 1. The van der Waals surface area contributed by atoms with Gasteiger partial charge in [-0.3, -0.25) is 9.79 Å². The Kier molecular flexibility index (Phi) is 5.65. The molecule has 2 aromatic carbocycles. The number of hydrogen-bond acceptors (Lipinski definition) is 3. The molecule has 1 unspecified atom stereocenters. The van der Waals surface area contributed by atoms with Gasteiger partial charge in [0.25, 0.3) is 0 Å². The van der Waals surface area contributed by atoms with Crippen LogP contribution >= 0.6 is 0 Å². The minimum atomic E-state index is -0.557. The number of nitrogens with zero attached hydrogens (tertiary/aromatic N) is 2.